The van der Waals surface area contributed by atoms with E-state index in [-0.39, 0.29) is 11.5 Å². The number of nitrogens with one attached hydrogen (secondary N) is 1. The second-order valence-corrected chi connectivity index (χ2v) is 8.50. The van der Waals surface area contributed by atoms with E-state index < -0.39 is 18.1 Å². The molecule has 7 nitrogen and oxygen atoms in total. The van der Waals surface area contributed by atoms with E-state index in [2.05, 4.69) is 22.3 Å². The molecule has 0 aromatic heterocycles. The predicted octanol–water partition coefficient (Wildman–Crippen LogP) is 5.57. The Morgan fingerprint density at radius 3 is 2.14 bits per heavy atom. The minimum atomic E-state index is -5.08. The van der Waals surface area contributed by atoms with Gasteiger partial charge in [0.2, 0.25) is 0 Å². The number of carboxylic acid groups (broad SMARTS) is 2. The fourth-order valence-electron chi connectivity index (χ4n) is 3.95. The maximum absolute atomic E-state index is 12.5. The molecule has 1 heterocycles. The van der Waals surface area contributed by atoms with Gasteiger partial charge in [0.05, 0.1) is 11.3 Å². The predicted molar refractivity (Wildman–Crippen MR) is 132 cm³/mol. The molecule has 3 N–H and O–H groups in total. The summed E-state index contributed by atoms with van der Waals surface area (Å²) in [4.78, 5) is 35.4. The molecule has 1 unspecified atom stereocenters. The Labute approximate surface area is 211 Å². The first-order chi connectivity index (χ1) is 17.5. The van der Waals surface area contributed by atoms with E-state index in [4.69, 9.17) is 9.90 Å². The summed E-state index contributed by atoms with van der Waals surface area (Å²) >= 11 is 0. The summed E-state index contributed by atoms with van der Waals surface area (Å²) in [6.45, 7) is 3.54. The van der Waals surface area contributed by atoms with E-state index in [1.54, 1.807) is 30.3 Å². The second-order valence-electron chi connectivity index (χ2n) is 8.50. The molecule has 0 radical (unpaired) electrons. The Morgan fingerprint density at radius 2 is 1.57 bits per heavy atom. The van der Waals surface area contributed by atoms with Crippen LogP contribution in [0.25, 0.3) is 0 Å². The number of carboxylic acids is 2. The fourth-order valence-corrected chi connectivity index (χ4v) is 3.95. The van der Waals surface area contributed by atoms with Gasteiger partial charge in [-0.3, -0.25) is 4.79 Å². The molecule has 1 aliphatic heterocycles. The Kier molecular flexibility index (Phi) is 8.54. The molecule has 4 rings (SSSR count). The smallest absolute Gasteiger partial charge is 0.478 e. The van der Waals surface area contributed by atoms with Crippen LogP contribution in [0.5, 0.6) is 0 Å². The van der Waals surface area contributed by atoms with Gasteiger partial charge in [-0.15, -0.1) is 0 Å². The van der Waals surface area contributed by atoms with Crippen molar-refractivity contribution in [2.75, 3.05) is 23.3 Å². The van der Waals surface area contributed by atoms with Crippen molar-refractivity contribution in [1.82, 2.24) is 0 Å². The number of anilines is 2. The molecule has 3 aromatic carbocycles. The topological polar surface area (TPSA) is 107 Å². The summed E-state index contributed by atoms with van der Waals surface area (Å²) < 4.78 is 31.7. The number of carbonyl (C=O) groups is 3. The minimum absolute atomic E-state index is 0.199. The number of rotatable bonds is 5. The van der Waals surface area contributed by atoms with E-state index >= 15 is 0 Å². The van der Waals surface area contributed by atoms with Crippen LogP contribution in [-0.2, 0) is 4.79 Å². The molecule has 0 spiro atoms. The van der Waals surface area contributed by atoms with Gasteiger partial charge in [-0.25, -0.2) is 9.59 Å². The average Bonchev–Trinajstić information content (AvgIpc) is 3.35. The number of aryl methyl sites for hydroxylation is 1. The van der Waals surface area contributed by atoms with Crippen LogP contribution in [0.15, 0.2) is 72.8 Å². The van der Waals surface area contributed by atoms with Gasteiger partial charge in [0.25, 0.3) is 5.91 Å². The molecule has 0 bridgehead atoms. The Hall–Kier alpha value is -4.34. The summed E-state index contributed by atoms with van der Waals surface area (Å²) in [6.07, 6.45) is -4.10. The molecule has 1 saturated heterocycles. The lowest BCUT2D eigenvalue weighted by Crippen LogP contribution is -2.22. The highest BCUT2D eigenvalue weighted by Gasteiger charge is 2.38. The average molecular weight is 515 g/mol. The van der Waals surface area contributed by atoms with Gasteiger partial charge in [-0.05, 0) is 49.2 Å². The molecule has 10 heteroatoms. The van der Waals surface area contributed by atoms with Crippen LogP contribution in [0.2, 0.25) is 0 Å². The maximum Gasteiger partial charge on any atom is 0.490 e. The number of halogens is 3. The van der Waals surface area contributed by atoms with Crippen molar-refractivity contribution in [2.45, 2.75) is 25.4 Å². The summed E-state index contributed by atoms with van der Waals surface area (Å²) in [6, 6.07) is 22.7. The van der Waals surface area contributed by atoms with Crippen LogP contribution in [0.4, 0.5) is 24.5 Å². The number of amides is 1. The molecule has 3 aromatic rings. The highest BCUT2D eigenvalue weighted by molar-refractivity contribution is 6.05. The fraction of sp³-hybridized carbons (Fsp3) is 0.222. The molecular formula is C27H25F3N2O5. The van der Waals surface area contributed by atoms with Gasteiger partial charge in [-0.1, -0.05) is 48.0 Å². The number of nitrogens with zero attached hydrogens (tertiary/aromatic N) is 1. The number of alkyl halides is 3. The summed E-state index contributed by atoms with van der Waals surface area (Å²) in [5.74, 6) is -3.63. The van der Waals surface area contributed by atoms with Crippen molar-refractivity contribution in [2.24, 2.45) is 0 Å². The third kappa shape index (κ3) is 7.33. The SMILES string of the molecule is Cc1ccc(C(=O)Nc2ccc(N3CCC(c4ccccc4)C3)c(C(=O)O)c2)cc1.O=C(O)C(F)(F)F. The third-order valence-corrected chi connectivity index (χ3v) is 5.84. The molecule has 1 aliphatic rings. The molecule has 1 atom stereocenters. The minimum Gasteiger partial charge on any atom is -0.478 e. The summed E-state index contributed by atoms with van der Waals surface area (Å²) in [5.41, 5.74) is 4.24. The number of hydrogen-bond donors (Lipinski definition) is 3. The van der Waals surface area contributed by atoms with E-state index in [1.807, 2.05) is 37.3 Å². The number of hydrogen-bond acceptors (Lipinski definition) is 4. The highest BCUT2D eigenvalue weighted by atomic mass is 19.4. The lowest BCUT2D eigenvalue weighted by atomic mass is 9.99. The normalized spacial score (nSPS) is 14.9. The second kappa shape index (κ2) is 11.6. The van der Waals surface area contributed by atoms with Crippen LogP contribution in [0, 0.1) is 6.92 Å². The van der Waals surface area contributed by atoms with E-state index in [0.717, 1.165) is 25.1 Å². The van der Waals surface area contributed by atoms with Crippen molar-refractivity contribution < 1.29 is 37.8 Å². The summed E-state index contributed by atoms with van der Waals surface area (Å²) in [5, 5.41) is 19.7. The molecule has 1 fully saturated rings. The highest BCUT2D eigenvalue weighted by Crippen LogP contribution is 2.33. The van der Waals surface area contributed by atoms with E-state index in [1.165, 1.54) is 5.56 Å². The molecular weight excluding hydrogens is 489 g/mol. The summed E-state index contributed by atoms with van der Waals surface area (Å²) in [7, 11) is 0. The van der Waals surface area contributed by atoms with Gasteiger partial charge in [0.15, 0.2) is 0 Å². The van der Waals surface area contributed by atoms with Crippen molar-refractivity contribution in [1.29, 1.82) is 0 Å². The molecule has 1 amide bonds. The van der Waals surface area contributed by atoms with Crippen molar-refractivity contribution in [3.8, 4) is 0 Å². The zero-order chi connectivity index (χ0) is 27.2. The van der Waals surface area contributed by atoms with Crippen LogP contribution in [-0.4, -0.2) is 47.3 Å². The zero-order valence-corrected chi connectivity index (χ0v) is 19.8. The lowest BCUT2D eigenvalue weighted by Gasteiger charge is -2.21. The van der Waals surface area contributed by atoms with Gasteiger partial charge < -0.3 is 20.4 Å². The van der Waals surface area contributed by atoms with Gasteiger partial charge >= 0.3 is 18.1 Å². The Balaban J connectivity index is 0.000000479. The van der Waals surface area contributed by atoms with Crippen molar-refractivity contribution >= 4 is 29.2 Å². The molecule has 0 saturated carbocycles. The van der Waals surface area contributed by atoms with E-state index in [9.17, 15) is 27.9 Å². The third-order valence-electron chi connectivity index (χ3n) is 5.84. The van der Waals surface area contributed by atoms with Gasteiger partial charge in [0, 0.05) is 30.3 Å². The number of carbonyl (C=O) groups excluding carboxylic acids is 1. The number of aliphatic carboxylic acids is 1. The first-order valence-electron chi connectivity index (χ1n) is 11.3. The molecule has 194 valence electrons. The molecule has 0 aliphatic carbocycles. The standard InChI is InChI=1S/C25H24N2O3.C2HF3O2/c1-17-7-9-19(10-8-17)24(28)26-21-11-12-23(22(15-21)25(29)30)27-14-13-20(16-27)18-5-3-2-4-6-18;3-2(4,5)1(6)7/h2-12,15,20H,13-14,16H2,1H3,(H,26,28)(H,29,30);(H,6,7). The van der Waals surface area contributed by atoms with Gasteiger partial charge in [0.1, 0.15) is 0 Å². The van der Waals surface area contributed by atoms with Crippen molar-refractivity contribution in [3.05, 3.63) is 95.1 Å². The quantitative estimate of drug-likeness (QED) is 0.411. The zero-order valence-electron chi connectivity index (χ0n) is 19.8. The monoisotopic (exact) mass is 514 g/mol. The van der Waals surface area contributed by atoms with Crippen molar-refractivity contribution in [3.63, 3.8) is 0 Å². The first kappa shape index (κ1) is 27.3. The maximum atomic E-state index is 12.5. The van der Waals surface area contributed by atoms with Crippen LogP contribution in [0.3, 0.4) is 0 Å². The first-order valence-corrected chi connectivity index (χ1v) is 11.3. The Morgan fingerprint density at radius 1 is 0.946 bits per heavy atom. The van der Waals surface area contributed by atoms with Gasteiger partial charge in [-0.2, -0.15) is 13.2 Å². The van der Waals surface area contributed by atoms with Crippen LogP contribution < -0.4 is 10.2 Å². The van der Waals surface area contributed by atoms with Crippen LogP contribution >= 0.6 is 0 Å². The van der Waals surface area contributed by atoms with Crippen LogP contribution in [0.1, 0.15) is 44.2 Å². The Bertz CT molecular complexity index is 1260. The van der Waals surface area contributed by atoms with E-state index in [0.29, 0.717) is 22.9 Å². The molecule has 37 heavy (non-hydrogen) atoms. The largest absolute Gasteiger partial charge is 0.490 e. The number of benzene rings is 3. The lowest BCUT2D eigenvalue weighted by molar-refractivity contribution is -0.192. The number of aromatic carboxylic acids is 1.